The third kappa shape index (κ3) is 1.99. The Morgan fingerprint density at radius 1 is 1.17 bits per heavy atom. The zero-order valence-corrected chi connectivity index (χ0v) is 11.8. The molecule has 1 saturated carbocycles. The largest absolute Gasteiger partial charge is 0.323 e. The van der Waals surface area contributed by atoms with Gasteiger partial charge >= 0.3 is 0 Å². The van der Waals surface area contributed by atoms with Crippen molar-refractivity contribution >= 4 is 10.2 Å². The Hall–Kier alpha value is -0.170. The summed E-state index contributed by atoms with van der Waals surface area (Å²) < 4.78 is 28.3. The third-order valence-corrected chi connectivity index (χ3v) is 6.74. The van der Waals surface area contributed by atoms with Crippen LogP contribution in [0.4, 0.5) is 0 Å². The van der Waals surface area contributed by atoms with E-state index in [4.69, 9.17) is 5.73 Å². The molecule has 0 amide bonds. The lowest BCUT2D eigenvalue weighted by Gasteiger charge is -2.49. The quantitative estimate of drug-likeness (QED) is 0.815. The van der Waals surface area contributed by atoms with Gasteiger partial charge in [0, 0.05) is 31.2 Å². The summed E-state index contributed by atoms with van der Waals surface area (Å²) in [5, 5.41) is 0. The fourth-order valence-corrected chi connectivity index (χ4v) is 5.28. The monoisotopic (exact) mass is 273 g/mol. The van der Waals surface area contributed by atoms with Crippen LogP contribution in [0.1, 0.15) is 39.0 Å². The van der Waals surface area contributed by atoms with E-state index in [1.165, 1.54) is 12.8 Å². The van der Waals surface area contributed by atoms with Crippen molar-refractivity contribution in [3.63, 3.8) is 0 Å². The smallest absolute Gasteiger partial charge is 0.282 e. The van der Waals surface area contributed by atoms with Gasteiger partial charge in [-0.15, -0.1) is 0 Å². The summed E-state index contributed by atoms with van der Waals surface area (Å²) in [5.74, 6) is 0.558. The highest BCUT2D eigenvalue weighted by Gasteiger charge is 2.55. The molecule has 0 aromatic carbocycles. The van der Waals surface area contributed by atoms with Crippen molar-refractivity contribution in [1.29, 1.82) is 0 Å². The van der Waals surface area contributed by atoms with Gasteiger partial charge in [0.2, 0.25) is 0 Å². The standard InChI is InChI=1S/C12H23N3O2S/c1-10-4-2-3-7-15(10)18(16,17)14-8-12(13,9-14)11-5-6-11/h10-11H,2-9,13H2,1H3. The number of piperidine rings is 1. The van der Waals surface area contributed by atoms with Gasteiger partial charge in [-0.3, -0.25) is 0 Å². The first-order chi connectivity index (χ1) is 8.43. The van der Waals surface area contributed by atoms with Crippen LogP contribution in [-0.4, -0.2) is 48.2 Å². The number of nitrogens with two attached hydrogens (primary N) is 1. The molecule has 2 saturated heterocycles. The van der Waals surface area contributed by atoms with Gasteiger partial charge in [0.15, 0.2) is 0 Å². The Bertz CT molecular complexity index is 427. The van der Waals surface area contributed by atoms with Crippen molar-refractivity contribution < 1.29 is 8.42 Å². The molecule has 0 radical (unpaired) electrons. The Morgan fingerprint density at radius 2 is 1.83 bits per heavy atom. The lowest BCUT2D eigenvalue weighted by Crippen LogP contribution is -2.71. The van der Waals surface area contributed by atoms with Crippen LogP contribution in [-0.2, 0) is 10.2 Å². The van der Waals surface area contributed by atoms with Crippen LogP contribution in [0.5, 0.6) is 0 Å². The Labute approximate surface area is 109 Å². The molecule has 5 nitrogen and oxygen atoms in total. The molecular weight excluding hydrogens is 250 g/mol. The minimum Gasteiger partial charge on any atom is -0.323 e. The lowest BCUT2D eigenvalue weighted by atomic mass is 9.88. The molecule has 1 aliphatic carbocycles. The van der Waals surface area contributed by atoms with E-state index >= 15 is 0 Å². The van der Waals surface area contributed by atoms with Gasteiger partial charge in [-0.05, 0) is 38.5 Å². The maximum absolute atomic E-state index is 12.5. The van der Waals surface area contributed by atoms with Gasteiger partial charge in [-0.25, -0.2) is 0 Å². The first kappa shape index (κ1) is 12.8. The maximum atomic E-state index is 12.5. The number of nitrogens with zero attached hydrogens (tertiary/aromatic N) is 2. The van der Waals surface area contributed by atoms with Gasteiger partial charge < -0.3 is 5.73 Å². The highest BCUT2D eigenvalue weighted by atomic mass is 32.2. The highest BCUT2D eigenvalue weighted by molar-refractivity contribution is 7.86. The summed E-state index contributed by atoms with van der Waals surface area (Å²) in [6.07, 6.45) is 5.43. The van der Waals surface area contributed by atoms with Crippen molar-refractivity contribution in [2.75, 3.05) is 19.6 Å². The molecule has 0 aromatic heterocycles. The van der Waals surface area contributed by atoms with Crippen LogP contribution in [0.2, 0.25) is 0 Å². The lowest BCUT2D eigenvalue weighted by molar-refractivity contribution is 0.119. The van der Waals surface area contributed by atoms with Crippen LogP contribution < -0.4 is 5.73 Å². The average molecular weight is 273 g/mol. The normalized spacial score (nSPS) is 34.2. The molecule has 3 aliphatic rings. The van der Waals surface area contributed by atoms with Crippen LogP contribution in [0.3, 0.4) is 0 Å². The minimum atomic E-state index is -3.26. The van der Waals surface area contributed by atoms with E-state index in [1.807, 2.05) is 6.92 Å². The van der Waals surface area contributed by atoms with E-state index in [9.17, 15) is 8.42 Å². The summed E-state index contributed by atoms with van der Waals surface area (Å²) in [7, 11) is -3.26. The SMILES string of the molecule is CC1CCCCN1S(=O)(=O)N1CC(N)(C2CC2)C1. The fourth-order valence-electron chi connectivity index (χ4n) is 3.25. The summed E-state index contributed by atoms with van der Waals surface area (Å²) in [4.78, 5) is 0. The van der Waals surface area contributed by atoms with Crippen LogP contribution in [0.15, 0.2) is 0 Å². The van der Waals surface area contributed by atoms with Crippen molar-refractivity contribution in [3.05, 3.63) is 0 Å². The van der Waals surface area contributed by atoms with Gasteiger partial charge in [-0.1, -0.05) is 6.42 Å². The topological polar surface area (TPSA) is 66.6 Å². The zero-order chi connectivity index (χ0) is 13.0. The predicted octanol–water partition coefficient (Wildman–Crippen LogP) is 0.529. The van der Waals surface area contributed by atoms with Crippen molar-refractivity contribution in [2.24, 2.45) is 11.7 Å². The third-order valence-electron chi connectivity index (χ3n) is 4.70. The fraction of sp³-hybridized carbons (Fsp3) is 1.00. The molecule has 0 aromatic rings. The van der Waals surface area contributed by atoms with Crippen LogP contribution in [0, 0.1) is 5.92 Å². The molecule has 104 valence electrons. The second-order valence-corrected chi connectivity index (χ2v) is 8.12. The Balaban J connectivity index is 1.68. The Kier molecular flexibility index (Phi) is 2.97. The molecule has 3 rings (SSSR count). The number of hydrogen-bond acceptors (Lipinski definition) is 3. The predicted molar refractivity (Wildman–Crippen MR) is 70.2 cm³/mol. The number of hydrogen-bond donors (Lipinski definition) is 1. The molecule has 0 bridgehead atoms. The molecule has 6 heteroatoms. The zero-order valence-electron chi connectivity index (χ0n) is 11.0. The molecule has 1 unspecified atom stereocenters. The maximum Gasteiger partial charge on any atom is 0.282 e. The molecule has 2 aliphatic heterocycles. The first-order valence-corrected chi connectivity index (χ1v) is 8.39. The van der Waals surface area contributed by atoms with Crippen molar-refractivity contribution in [2.45, 2.75) is 50.6 Å². The molecule has 2 N–H and O–H groups in total. The molecular formula is C12H23N3O2S. The molecule has 1 atom stereocenters. The van der Waals surface area contributed by atoms with Crippen molar-refractivity contribution in [3.8, 4) is 0 Å². The van der Waals surface area contributed by atoms with Gasteiger partial charge in [0.25, 0.3) is 10.2 Å². The molecule has 2 heterocycles. The first-order valence-electron chi connectivity index (χ1n) is 6.99. The van der Waals surface area contributed by atoms with E-state index in [0.29, 0.717) is 25.6 Å². The molecule has 0 spiro atoms. The molecule has 3 fully saturated rings. The highest BCUT2D eigenvalue weighted by Crippen LogP contribution is 2.44. The Morgan fingerprint density at radius 3 is 2.39 bits per heavy atom. The summed E-state index contributed by atoms with van der Waals surface area (Å²) >= 11 is 0. The second kappa shape index (κ2) is 4.16. The van der Waals surface area contributed by atoms with Crippen LogP contribution in [0.25, 0.3) is 0 Å². The van der Waals surface area contributed by atoms with Gasteiger partial charge in [-0.2, -0.15) is 17.0 Å². The van der Waals surface area contributed by atoms with E-state index < -0.39 is 10.2 Å². The summed E-state index contributed by atoms with van der Waals surface area (Å²) in [5.41, 5.74) is 6.00. The average Bonchev–Trinajstić information content (AvgIpc) is 3.09. The van der Waals surface area contributed by atoms with Crippen LogP contribution >= 0.6 is 0 Å². The van der Waals surface area contributed by atoms with Gasteiger partial charge in [0.05, 0.1) is 0 Å². The van der Waals surface area contributed by atoms with E-state index in [1.54, 1.807) is 8.61 Å². The minimum absolute atomic E-state index is 0.137. The molecule has 18 heavy (non-hydrogen) atoms. The van der Waals surface area contributed by atoms with Gasteiger partial charge in [0.1, 0.15) is 0 Å². The summed E-state index contributed by atoms with van der Waals surface area (Å²) in [6, 6.07) is 0.137. The van der Waals surface area contributed by atoms with E-state index in [2.05, 4.69) is 0 Å². The van der Waals surface area contributed by atoms with E-state index in [0.717, 1.165) is 19.3 Å². The number of rotatable bonds is 3. The van der Waals surface area contributed by atoms with Crippen molar-refractivity contribution in [1.82, 2.24) is 8.61 Å². The summed E-state index contributed by atoms with van der Waals surface area (Å²) in [6.45, 7) is 3.71. The second-order valence-electron chi connectivity index (χ2n) is 6.24. The van der Waals surface area contributed by atoms with E-state index in [-0.39, 0.29) is 11.6 Å².